The van der Waals surface area contributed by atoms with Crippen molar-refractivity contribution in [3.8, 4) is 0 Å². The number of fused-ring (bicyclic) bond motifs is 1. The molecule has 2 N–H and O–H groups in total. The molecule has 0 amide bonds. The van der Waals surface area contributed by atoms with Crippen LogP contribution in [0.2, 0.25) is 0 Å². The first-order valence-electron chi connectivity index (χ1n) is 7.37. The predicted molar refractivity (Wildman–Crippen MR) is 77.2 cm³/mol. The molecule has 2 aliphatic heterocycles. The highest BCUT2D eigenvalue weighted by molar-refractivity contribution is 5.76. The third kappa shape index (κ3) is 2.43. The van der Waals surface area contributed by atoms with E-state index in [1.54, 1.807) is 19.1 Å². The molecule has 2 heterocycles. The van der Waals surface area contributed by atoms with E-state index in [-0.39, 0.29) is 0 Å². The summed E-state index contributed by atoms with van der Waals surface area (Å²) in [6, 6.07) is 0. The Hall–Kier alpha value is -1.17. The molecule has 5 nitrogen and oxygen atoms in total. The fraction of sp³-hybridized carbons (Fsp3) is 0.688. The lowest BCUT2D eigenvalue weighted by Crippen LogP contribution is -2.65. The molecule has 0 aromatic heterocycles. The molecular formula is C16H24O5. The van der Waals surface area contributed by atoms with Gasteiger partial charge in [0.1, 0.15) is 12.0 Å². The molecule has 1 unspecified atom stereocenters. The van der Waals surface area contributed by atoms with Gasteiger partial charge in [0.2, 0.25) is 5.79 Å². The predicted octanol–water partition coefficient (Wildman–Crippen LogP) is 1.54. The maximum atomic E-state index is 11.9. The van der Waals surface area contributed by atoms with Gasteiger partial charge < -0.3 is 19.7 Å². The maximum absolute atomic E-state index is 11.9. The van der Waals surface area contributed by atoms with Crippen molar-refractivity contribution in [2.24, 2.45) is 11.3 Å². The molecule has 2 rings (SSSR count). The first-order valence-corrected chi connectivity index (χ1v) is 7.37. The first-order chi connectivity index (χ1) is 9.79. The van der Waals surface area contributed by atoms with Gasteiger partial charge in [-0.25, -0.2) is 0 Å². The summed E-state index contributed by atoms with van der Waals surface area (Å²) >= 11 is 0. The van der Waals surface area contributed by atoms with Crippen molar-refractivity contribution in [1.82, 2.24) is 0 Å². The zero-order valence-corrected chi connectivity index (χ0v) is 12.9. The van der Waals surface area contributed by atoms with E-state index in [1.807, 2.05) is 32.9 Å². The van der Waals surface area contributed by atoms with Crippen molar-refractivity contribution < 1.29 is 24.5 Å². The van der Waals surface area contributed by atoms with Crippen LogP contribution in [0.15, 0.2) is 24.3 Å². The van der Waals surface area contributed by atoms with Crippen molar-refractivity contribution in [2.45, 2.75) is 58.2 Å². The van der Waals surface area contributed by atoms with Gasteiger partial charge >= 0.3 is 5.97 Å². The Balaban J connectivity index is 2.37. The van der Waals surface area contributed by atoms with Gasteiger partial charge in [-0.2, -0.15) is 0 Å². The van der Waals surface area contributed by atoms with Crippen LogP contribution >= 0.6 is 0 Å². The van der Waals surface area contributed by atoms with Gasteiger partial charge in [-0.3, -0.25) is 4.79 Å². The van der Waals surface area contributed by atoms with Crippen LogP contribution in [0.4, 0.5) is 0 Å². The molecule has 0 aromatic carbocycles. The highest BCUT2D eigenvalue weighted by atomic mass is 16.7. The van der Waals surface area contributed by atoms with Crippen LogP contribution in [0.5, 0.6) is 0 Å². The quantitative estimate of drug-likeness (QED) is 0.610. The number of hydrogen-bond acceptors (Lipinski definition) is 5. The van der Waals surface area contributed by atoms with Gasteiger partial charge in [0.05, 0.1) is 6.10 Å². The molecule has 5 heteroatoms. The molecule has 0 radical (unpaired) electrons. The van der Waals surface area contributed by atoms with Crippen LogP contribution in [-0.2, 0) is 14.3 Å². The number of ether oxygens (including phenoxy) is 2. The van der Waals surface area contributed by atoms with E-state index in [0.29, 0.717) is 6.42 Å². The summed E-state index contributed by atoms with van der Waals surface area (Å²) in [6.45, 7) is 7.34. The monoisotopic (exact) mass is 296 g/mol. The minimum Gasteiger partial charge on any atom is -0.453 e. The Morgan fingerprint density at radius 3 is 2.57 bits per heavy atom. The average Bonchev–Trinajstić information content (AvgIpc) is 2.67. The lowest BCUT2D eigenvalue weighted by atomic mass is 9.72. The summed E-state index contributed by atoms with van der Waals surface area (Å²) < 4.78 is 11.0. The fourth-order valence-corrected chi connectivity index (χ4v) is 3.04. The minimum absolute atomic E-state index is 0.393. The summed E-state index contributed by atoms with van der Waals surface area (Å²) in [4.78, 5) is 11.9. The van der Waals surface area contributed by atoms with E-state index >= 15 is 0 Å². The van der Waals surface area contributed by atoms with Gasteiger partial charge in [0, 0.05) is 5.41 Å². The Bertz CT molecular complexity index is 467. The molecule has 118 valence electrons. The first kappa shape index (κ1) is 16.2. The number of rotatable bonds is 3. The van der Waals surface area contributed by atoms with E-state index in [4.69, 9.17) is 9.47 Å². The largest absolute Gasteiger partial charge is 0.453 e. The molecule has 2 aliphatic rings. The second-order valence-corrected chi connectivity index (χ2v) is 6.29. The Morgan fingerprint density at radius 2 is 2.00 bits per heavy atom. The number of carbonyl (C=O) groups excluding carboxylic acids is 1. The number of esters is 1. The second kappa shape index (κ2) is 5.55. The molecule has 0 saturated carbocycles. The molecule has 0 aliphatic carbocycles. The molecule has 2 fully saturated rings. The SMILES string of the molecule is C/C=C\C=C\[C@@H]1O[C@]2(O)C(CC)C(=O)O[C@@H]2[C@H](O)C1(C)C. The van der Waals surface area contributed by atoms with Crippen LogP contribution < -0.4 is 0 Å². The third-order valence-corrected chi connectivity index (χ3v) is 4.53. The zero-order chi connectivity index (χ0) is 15.8. The number of aliphatic hydroxyl groups excluding tert-OH is 1. The lowest BCUT2D eigenvalue weighted by Gasteiger charge is -2.50. The molecule has 0 bridgehead atoms. The van der Waals surface area contributed by atoms with Crippen LogP contribution in [0.25, 0.3) is 0 Å². The number of carbonyl (C=O) groups is 1. The second-order valence-electron chi connectivity index (χ2n) is 6.29. The maximum Gasteiger partial charge on any atom is 0.315 e. The van der Waals surface area contributed by atoms with E-state index < -0.39 is 41.4 Å². The molecule has 0 spiro atoms. The van der Waals surface area contributed by atoms with Crippen LogP contribution in [0.1, 0.15) is 34.1 Å². The third-order valence-electron chi connectivity index (χ3n) is 4.53. The van der Waals surface area contributed by atoms with E-state index in [0.717, 1.165) is 0 Å². The van der Waals surface area contributed by atoms with Crippen molar-refractivity contribution in [3.63, 3.8) is 0 Å². The van der Waals surface area contributed by atoms with Gasteiger partial charge in [0.15, 0.2) is 6.10 Å². The van der Waals surface area contributed by atoms with Crippen LogP contribution in [0, 0.1) is 11.3 Å². The average molecular weight is 296 g/mol. The molecule has 5 atom stereocenters. The molecule has 21 heavy (non-hydrogen) atoms. The number of allylic oxidation sites excluding steroid dienone is 3. The molecular weight excluding hydrogens is 272 g/mol. The van der Waals surface area contributed by atoms with Crippen molar-refractivity contribution in [3.05, 3.63) is 24.3 Å². The standard InChI is InChI=1S/C16H24O5/c1-5-7-8-9-11-15(3,4)12(17)13-16(19,21-11)10(6-2)14(18)20-13/h5,7-13,17,19H,6H2,1-4H3/b7-5-,9-8+/t10?,11-,12-,13+,16+/m0/s1. The van der Waals surface area contributed by atoms with Crippen molar-refractivity contribution in [1.29, 1.82) is 0 Å². The number of aliphatic hydroxyl groups is 2. The molecule has 0 aromatic rings. The van der Waals surface area contributed by atoms with Gasteiger partial charge in [-0.1, -0.05) is 45.1 Å². The summed E-state index contributed by atoms with van der Waals surface area (Å²) in [5.74, 6) is -3.06. The van der Waals surface area contributed by atoms with Gasteiger partial charge in [-0.15, -0.1) is 0 Å². The summed E-state index contributed by atoms with van der Waals surface area (Å²) in [5.41, 5.74) is -0.683. The summed E-state index contributed by atoms with van der Waals surface area (Å²) in [5, 5.41) is 21.4. The smallest absolute Gasteiger partial charge is 0.315 e. The van der Waals surface area contributed by atoms with Crippen LogP contribution in [-0.4, -0.2) is 40.3 Å². The normalized spacial score (nSPS) is 42.5. The summed E-state index contributed by atoms with van der Waals surface area (Å²) in [6.07, 6.45) is 5.13. The Morgan fingerprint density at radius 1 is 1.33 bits per heavy atom. The van der Waals surface area contributed by atoms with Gasteiger partial charge in [-0.05, 0) is 13.3 Å². The zero-order valence-electron chi connectivity index (χ0n) is 12.9. The van der Waals surface area contributed by atoms with Crippen molar-refractivity contribution in [2.75, 3.05) is 0 Å². The van der Waals surface area contributed by atoms with Gasteiger partial charge in [0.25, 0.3) is 0 Å². The molecule has 2 saturated heterocycles. The van der Waals surface area contributed by atoms with Crippen LogP contribution in [0.3, 0.4) is 0 Å². The summed E-state index contributed by atoms with van der Waals surface area (Å²) in [7, 11) is 0. The Kier molecular flexibility index (Phi) is 4.29. The van der Waals surface area contributed by atoms with E-state index in [2.05, 4.69) is 0 Å². The highest BCUT2D eigenvalue weighted by Crippen LogP contribution is 2.49. The minimum atomic E-state index is -1.77. The lowest BCUT2D eigenvalue weighted by molar-refractivity contribution is -0.335. The fourth-order valence-electron chi connectivity index (χ4n) is 3.04. The number of hydrogen-bond donors (Lipinski definition) is 2. The van der Waals surface area contributed by atoms with E-state index in [1.165, 1.54) is 0 Å². The Labute approximate surface area is 125 Å². The van der Waals surface area contributed by atoms with Crippen molar-refractivity contribution >= 4 is 5.97 Å². The topological polar surface area (TPSA) is 76.0 Å². The highest BCUT2D eigenvalue weighted by Gasteiger charge is 2.66. The van der Waals surface area contributed by atoms with E-state index in [9.17, 15) is 15.0 Å².